The van der Waals surface area contributed by atoms with Gasteiger partial charge in [-0.25, -0.2) is 0 Å². The number of allylic oxidation sites excluding steroid dienone is 1. The van der Waals surface area contributed by atoms with Crippen molar-refractivity contribution in [2.75, 3.05) is 59.9 Å². The monoisotopic (exact) mass is 860 g/mol. The van der Waals surface area contributed by atoms with E-state index in [1.54, 1.807) is 24.3 Å². The largest absolute Gasteiger partial charge is 0.496 e. The van der Waals surface area contributed by atoms with Gasteiger partial charge in [-0.05, 0) is 105 Å². The molecule has 338 valence electrons. The van der Waals surface area contributed by atoms with Crippen molar-refractivity contribution in [1.82, 2.24) is 4.90 Å². The van der Waals surface area contributed by atoms with Gasteiger partial charge in [-0.3, -0.25) is 9.59 Å². The number of unbranched alkanes of at least 4 members (excludes halogenated alkanes) is 2. The van der Waals surface area contributed by atoms with Crippen LogP contribution in [-0.2, 0) is 23.8 Å². The Balaban J connectivity index is 1.42. The lowest BCUT2D eigenvalue weighted by atomic mass is 9.55. The zero-order valence-electron chi connectivity index (χ0n) is 36.0. The first-order chi connectivity index (χ1) is 30.4. The second-order valence-corrected chi connectivity index (χ2v) is 16.9. The number of ether oxygens (including phenoxy) is 6. The van der Waals surface area contributed by atoms with E-state index in [2.05, 4.69) is 12.7 Å². The van der Waals surface area contributed by atoms with Gasteiger partial charge in [0.25, 0.3) is 0 Å². The smallest absolute Gasteiger partial charge is 0.239 e. The summed E-state index contributed by atoms with van der Waals surface area (Å²) in [5.74, 6) is -0.195. The van der Waals surface area contributed by atoms with Crippen LogP contribution in [0.4, 0.5) is 0 Å². The number of aldehydes is 1. The summed E-state index contributed by atoms with van der Waals surface area (Å²) in [7, 11) is 1.51. The van der Waals surface area contributed by atoms with E-state index in [1.807, 2.05) is 23.1 Å². The number of nitrogens with zero attached hydrogens (tertiary/aromatic N) is 2. The number of fused-ring (bicyclic) bond motifs is 2. The number of benzene rings is 2. The van der Waals surface area contributed by atoms with E-state index in [0.29, 0.717) is 60.1 Å². The first-order valence-corrected chi connectivity index (χ1v) is 22.6. The fourth-order valence-corrected chi connectivity index (χ4v) is 9.95. The van der Waals surface area contributed by atoms with Crippen molar-refractivity contribution < 1.29 is 58.2 Å². The van der Waals surface area contributed by atoms with Gasteiger partial charge in [-0.2, -0.15) is 0 Å². The summed E-state index contributed by atoms with van der Waals surface area (Å²) >= 11 is 0. The number of amides is 1. The summed E-state index contributed by atoms with van der Waals surface area (Å²) in [6, 6.07) is 10.2. The molecule has 3 fully saturated rings. The molecule has 1 unspecified atom stereocenters. The molecule has 2 aromatic carbocycles. The molecule has 2 saturated carbocycles. The molecule has 3 aliphatic carbocycles. The van der Waals surface area contributed by atoms with Crippen molar-refractivity contribution in [1.29, 1.82) is 0 Å². The zero-order chi connectivity index (χ0) is 43.5. The third-order valence-electron chi connectivity index (χ3n) is 12.9. The Kier molecular flexibility index (Phi) is 16.1. The molecular formula is C48H64N2O12. The van der Waals surface area contributed by atoms with E-state index in [-0.39, 0.29) is 82.2 Å². The van der Waals surface area contributed by atoms with Crippen LogP contribution in [0.1, 0.15) is 98.9 Å². The van der Waals surface area contributed by atoms with Gasteiger partial charge >= 0.3 is 0 Å². The Morgan fingerprint density at radius 1 is 0.984 bits per heavy atom. The van der Waals surface area contributed by atoms with Crippen LogP contribution in [-0.4, -0.2) is 116 Å². The minimum Gasteiger partial charge on any atom is -0.496 e. The van der Waals surface area contributed by atoms with E-state index in [9.17, 15) is 24.9 Å². The van der Waals surface area contributed by atoms with Crippen LogP contribution in [0.15, 0.2) is 65.9 Å². The summed E-state index contributed by atoms with van der Waals surface area (Å²) in [6.45, 7) is 5.37. The Labute approximate surface area is 364 Å². The molecule has 0 bridgehead atoms. The minimum absolute atomic E-state index is 0.00597. The van der Waals surface area contributed by atoms with Crippen molar-refractivity contribution in [2.24, 2.45) is 28.8 Å². The number of rotatable bonds is 24. The van der Waals surface area contributed by atoms with Gasteiger partial charge in [-0.1, -0.05) is 30.1 Å². The predicted octanol–water partition coefficient (Wildman–Crippen LogP) is 6.71. The summed E-state index contributed by atoms with van der Waals surface area (Å²) in [6.07, 6.45) is 13.2. The topological polar surface area (TPSA) is 175 Å². The van der Waals surface area contributed by atoms with Crippen molar-refractivity contribution in [2.45, 2.75) is 101 Å². The maximum absolute atomic E-state index is 14.6. The van der Waals surface area contributed by atoms with Crippen LogP contribution in [0.5, 0.6) is 23.0 Å². The fourth-order valence-electron chi connectivity index (χ4n) is 9.95. The highest BCUT2D eigenvalue weighted by molar-refractivity contribution is 6.03. The second-order valence-electron chi connectivity index (χ2n) is 16.9. The van der Waals surface area contributed by atoms with E-state index < -0.39 is 24.0 Å². The highest BCUT2D eigenvalue weighted by Crippen LogP contribution is 2.62. The number of hydrogen-bond acceptors (Lipinski definition) is 13. The van der Waals surface area contributed by atoms with E-state index >= 15 is 0 Å². The highest BCUT2D eigenvalue weighted by atomic mass is 16.8. The highest BCUT2D eigenvalue weighted by Gasteiger charge is 2.66. The van der Waals surface area contributed by atoms with Crippen LogP contribution < -0.4 is 14.2 Å². The Bertz CT molecular complexity index is 1890. The van der Waals surface area contributed by atoms with Gasteiger partial charge < -0.3 is 53.5 Å². The molecule has 2 aliphatic heterocycles. The van der Waals surface area contributed by atoms with Crippen molar-refractivity contribution in [3.05, 3.63) is 71.8 Å². The quantitative estimate of drug-likeness (QED) is 0.0441. The molecule has 3 N–H and O–H groups in total. The predicted molar refractivity (Wildman–Crippen MR) is 230 cm³/mol. The molecule has 1 amide bonds. The molecule has 7 rings (SSSR count). The summed E-state index contributed by atoms with van der Waals surface area (Å²) in [4.78, 5) is 34.7. The number of methoxy groups -OCH3 is 1. The van der Waals surface area contributed by atoms with Crippen LogP contribution in [0.2, 0.25) is 0 Å². The molecule has 14 heteroatoms. The Hall–Kier alpha value is -4.31. The summed E-state index contributed by atoms with van der Waals surface area (Å²) < 4.78 is 38.1. The molecule has 14 nitrogen and oxygen atoms in total. The van der Waals surface area contributed by atoms with Gasteiger partial charge in [0, 0.05) is 50.0 Å². The number of carbonyl (C=O) groups is 2. The maximum atomic E-state index is 14.6. The summed E-state index contributed by atoms with van der Waals surface area (Å²) in [5.41, 5.74) is 2.89. The average molecular weight is 861 g/mol. The number of oxime groups is 1. The molecule has 0 spiro atoms. The molecule has 62 heavy (non-hydrogen) atoms. The number of aliphatic hydroxyl groups is 3. The third-order valence-corrected chi connectivity index (χ3v) is 12.9. The lowest BCUT2D eigenvalue weighted by molar-refractivity contribution is -0.258. The molecular weight excluding hydrogens is 797 g/mol. The Morgan fingerprint density at radius 3 is 2.48 bits per heavy atom. The first kappa shape index (κ1) is 45.7. The fraction of sp³-hybridized carbons (Fsp3) is 0.604. The van der Waals surface area contributed by atoms with Crippen LogP contribution in [0.3, 0.4) is 0 Å². The van der Waals surface area contributed by atoms with Crippen molar-refractivity contribution >= 4 is 17.9 Å². The van der Waals surface area contributed by atoms with Gasteiger partial charge in [0.05, 0.1) is 57.3 Å². The molecule has 0 aromatic heterocycles. The van der Waals surface area contributed by atoms with Gasteiger partial charge in [-0.15, -0.1) is 6.58 Å². The van der Waals surface area contributed by atoms with E-state index in [4.69, 9.17) is 38.4 Å². The van der Waals surface area contributed by atoms with E-state index in [0.717, 1.165) is 68.8 Å². The number of aliphatic hydroxyl groups excluding tert-OH is 3. The van der Waals surface area contributed by atoms with Crippen LogP contribution in [0, 0.1) is 23.7 Å². The Morgan fingerprint density at radius 2 is 1.77 bits per heavy atom. The second kappa shape index (κ2) is 21.9. The normalized spacial score (nSPS) is 27.0. The number of carbonyl (C=O) groups excluding carboxylic acids is 2. The summed E-state index contributed by atoms with van der Waals surface area (Å²) in [5, 5.41) is 34.4. The van der Waals surface area contributed by atoms with Crippen LogP contribution >= 0.6 is 0 Å². The molecule has 0 radical (unpaired) electrons. The first-order valence-electron chi connectivity index (χ1n) is 22.6. The molecule has 7 atom stereocenters. The average Bonchev–Trinajstić information content (AvgIpc) is 4.15. The SMILES string of the molecule is C=CCO[C@@]12Oc3ccc(Oc4ccc(OC)c(C=O)c4)cc3[C@H]3[C@H](CCCCO)[C@@H](CCCCO)C=C(C(=NOC4CCCCO4)C[C@@H]1N(CCOCCO)C(=O)C1CC1)[C@H]32. The van der Waals surface area contributed by atoms with Gasteiger partial charge in [0.2, 0.25) is 18.0 Å². The third kappa shape index (κ3) is 10.2. The zero-order valence-corrected chi connectivity index (χ0v) is 36.0. The van der Waals surface area contributed by atoms with E-state index in [1.165, 1.54) is 7.11 Å². The van der Waals surface area contributed by atoms with Gasteiger partial charge in [0.1, 0.15) is 29.0 Å². The maximum Gasteiger partial charge on any atom is 0.239 e. The number of hydrogen-bond donors (Lipinski definition) is 3. The molecule has 2 heterocycles. The van der Waals surface area contributed by atoms with Crippen LogP contribution in [0.25, 0.3) is 0 Å². The van der Waals surface area contributed by atoms with Gasteiger partial charge in [0.15, 0.2) is 6.29 Å². The lowest BCUT2D eigenvalue weighted by Crippen LogP contribution is -2.70. The lowest BCUT2D eigenvalue weighted by Gasteiger charge is -2.60. The van der Waals surface area contributed by atoms with Crippen molar-refractivity contribution in [3.8, 4) is 23.0 Å². The standard InChI is InChI=1S/C48H64N2O12/c1-3-23-59-48-43(50(19-25-57-26-22-53)47(55)32-13-14-32)30-40(49-62-44-12-6-9-24-58-44)38-28-33(10-4-7-20-51)37(11-5-8-21-52)45(46(38)48)39-29-36(16-18-42(39)61-48)60-35-15-17-41(56-2)34(27-35)31-54/h3,15-18,27-29,31-33,37,43-46,51-53H,1,4-14,19-26,30H2,2H3/t33-,37+,43-,44?,45+,46+,48+/m0/s1. The molecule has 5 aliphatic rings. The molecule has 2 aromatic rings. The van der Waals surface area contributed by atoms with Crippen molar-refractivity contribution in [3.63, 3.8) is 0 Å². The minimum atomic E-state index is -1.41. The molecule has 1 saturated heterocycles.